The van der Waals surface area contributed by atoms with Crippen LogP contribution in [-0.4, -0.2) is 21.3 Å². The van der Waals surface area contributed by atoms with Crippen LogP contribution in [0.1, 0.15) is 29.1 Å². The summed E-state index contributed by atoms with van der Waals surface area (Å²) in [6, 6.07) is 1.83. The standard InChI is InChI=1S/C12H16N4O2/c1-8-11(9(2)18-16-8)3-4-12(17)13-7-10-5-6-14-15-10/h5-6H,3-4,7H2,1-2H3,(H,13,17)(H,14,15). The number of carbonyl (C=O) groups is 1. The van der Waals surface area contributed by atoms with Gasteiger partial charge in [-0.05, 0) is 26.3 Å². The smallest absolute Gasteiger partial charge is 0.220 e. The van der Waals surface area contributed by atoms with Crippen molar-refractivity contribution in [3.63, 3.8) is 0 Å². The average molecular weight is 248 g/mol. The predicted octanol–water partition coefficient (Wildman–Crippen LogP) is 1.26. The number of nitrogens with one attached hydrogen (secondary N) is 2. The number of hydrogen-bond acceptors (Lipinski definition) is 4. The van der Waals surface area contributed by atoms with Gasteiger partial charge >= 0.3 is 0 Å². The lowest BCUT2D eigenvalue weighted by Crippen LogP contribution is -2.23. The minimum absolute atomic E-state index is 0.00426. The van der Waals surface area contributed by atoms with Gasteiger partial charge in [-0.15, -0.1) is 0 Å². The number of aryl methyl sites for hydroxylation is 2. The quantitative estimate of drug-likeness (QED) is 0.834. The average Bonchev–Trinajstić information content (AvgIpc) is 2.96. The van der Waals surface area contributed by atoms with Gasteiger partial charge in [0.2, 0.25) is 5.91 Å². The minimum Gasteiger partial charge on any atom is -0.361 e. The van der Waals surface area contributed by atoms with Crippen LogP contribution >= 0.6 is 0 Å². The van der Waals surface area contributed by atoms with Gasteiger partial charge < -0.3 is 9.84 Å². The van der Waals surface area contributed by atoms with Crippen LogP contribution < -0.4 is 5.32 Å². The molecule has 0 fully saturated rings. The Hall–Kier alpha value is -2.11. The van der Waals surface area contributed by atoms with Gasteiger partial charge in [-0.1, -0.05) is 5.16 Å². The molecule has 0 spiro atoms. The molecule has 0 aliphatic carbocycles. The number of hydrogen-bond donors (Lipinski definition) is 2. The van der Waals surface area contributed by atoms with Crippen LogP contribution in [0, 0.1) is 13.8 Å². The number of rotatable bonds is 5. The second-order valence-electron chi connectivity index (χ2n) is 4.16. The first kappa shape index (κ1) is 12.3. The van der Waals surface area contributed by atoms with Crippen molar-refractivity contribution < 1.29 is 9.32 Å². The van der Waals surface area contributed by atoms with E-state index < -0.39 is 0 Å². The van der Waals surface area contributed by atoms with E-state index in [4.69, 9.17) is 4.52 Å². The zero-order valence-corrected chi connectivity index (χ0v) is 10.5. The molecule has 0 unspecified atom stereocenters. The van der Waals surface area contributed by atoms with Gasteiger partial charge in [-0.25, -0.2) is 0 Å². The Morgan fingerprint density at radius 2 is 2.33 bits per heavy atom. The lowest BCUT2D eigenvalue weighted by atomic mass is 10.1. The van der Waals surface area contributed by atoms with Crippen LogP contribution in [0.2, 0.25) is 0 Å². The third-order valence-corrected chi connectivity index (χ3v) is 2.82. The van der Waals surface area contributed by atoms with Crippen molar-refractivity contribution in [1.29, 1.82) is 0 Å². The van der Waals surface area contributed by atoms with Crippen LogP contribution in [0.3, 0.4) is 0 Å². The van der Waals surface area contributed by atoms with Gasteiger partial charge in [0.15, 0.2) is 0 Å². The van der Waals surface area contributed by atoms with Gasteiger partial charge in [0.1, 0.15) is 5.76 Å². The van der Waals surface area contributed by atoms with Crippen molar-refractivity contribution in [2.45, 2.75) is 33.2 Å². The highest BCUT2D eigenvalue weighted by atomic mass is 16.5. The molecule has 0 radical (unpaired) electrons. The Bertz CT molecular complexity index is 497. The van der Waals surface area contributed by atoms with Gasteiger partial charge in [-0.3, -0.25) is 9.89 Å². The molecule has 0 aromatic carbocycles. The van der Waals surface area contributed by atoms with Gasteiger partial charge in [0.05, 0.1) is 17.9 Å². The zero-order chi connectivity index (χ0) is 13.0. The van der Waals surface area contributed by atoms with Gasteiger partial charge in [0, 0.05) is 18.2 Å². The lowest BCUT2D eigenvalue weighted by molar-refractivity contribution is -0.121. The van der Waals surface area contributed by atoms with Crippen LogP contribution in [-0.2, 0) is 17.8 Å². The van der Waals surface area contributed by atoms with E-state index in [-0.39, 0.29) is 5.91 Å². The molecule has 18 heavy (non-hydrogen) atoms. The summed E-state index contributed by atoms with van der Waals surface area (Å²) in [6.07, 6.45) is 2.73. The molecule has 1 amide bonds. The Kier molecular flexibility index (Phi) is 3.76. The third-order valence-electron chi connectivity index (χ3n) is 2.82. The second kappa shape index (κ2) is 5.48. The molecule has 6 heteroatoms. The van der Waals surface area contributed by atoms with E-state index in [0.29, 0.717) is 19.4 Å². The largest absolute Gasteiger partial charge is 0.361 e. The van der Waals surface area contributed by atoms with E-state index in [1.807, 2.05) is 19.9 Å². The second-order valence-corrected chi connectivity index (χ2v) is 4.16. The summed E-state index contributed by atoms with van der Waals surface area (Å²) in [5.74, 6) is 0.790. The zero-order valence-electron chi connectivity index (χ0n) is 10.5. The Morgan fingerprint density at radius 1 is 1.50 bits per heavy atom. The van der Waals surface area contributed by atoms with Crippen LogP contribution in [0.25, 0.3) is 0 Å². The molecule has 0 atom stereocenters. The third kappa shape index (κ3) is 2.97. The predicted molar refractivity (Wildman–Crippen MR) is 64.7 cm³/mol. The summed E-state index contributed by atoms with van der Waals surface area (Å²) in [6.45, 7) is 4.21. The molecule has 6 nitrogen and oxygen atoms in total. The van der Waals surface area contributed by atoms with Gasteiger partial charge in [-0.2, -0.15) is 5.10 Å². The molecular formula is C12H16N4O2. The highest BCUT2D eigenvalue weighted by Crippen LogP contribution is 2.14. The van der Waals surface area contributed by atoms with E-state index in [9.17, 15) is 4.79 Å². The maximum Gasteiger partial charge on any atom is 0.220 e. The Balaban J connectivity index is 1.78. The van der Waals surface area contributed by atoms with E-state index in [1.54, 1.807) is 6.20 Å². The summed E-state index contributed by atoms with van der Waals surface area (Å²) in [7, 11) is 0. The van der Waals surface area contributed by atoms with Crippen molar-refractivity contribution in [2.24, 2.45) is 0 Å². The number of aromatic amines is 1. The fourth-order valence-corrected chi connectivity index (χ4v) is 1.76. The minimum atomic E-state index is 0.00426. The van der Waals surface area contributed by atoms with Gasteiger partial charge in [0.25, 0.3) is 0 Å². The molecule has 2 aromatic heterocycles. The summed E-state index contributed by atoms with van der Waals surface area (Å²) in [5.41, 5.74) is 2.77. The highest BCUT2D eigenvalue weighted by Gasteiger charge is 2.10. The van der Waals surface area contributed by atoms with Crippen LogP contribution in [0.5, 0.6) is 0 Å². The first-order valence-corrected chi connectivity index (χ1v) is 5.83. The molecule has 2 rings (SSSR count). The summed E-state index contributed by atoms with van der Waals surface area (Å²) in [4.78, 5) is 11.7. The number of amides is 1. The molecule has 0 saturated carbocycles. The molecule has 2 heterocycles. The molecule has 0 bridgehead atoms. The normalized spacial score (nSPS) is 10.6. The van der Waals surface area contributed by atoms with Crippen LogP contribution in [0.4, 0.5) is 0 Å². The maximum atomic E-state index is 11.7. The van der Waals surface area contributed by atoms with Crippen molar-refractivity contribution in [1.82, 2.24) is 20.7 Å². The number of H-pyrrole nitrogens is 1. The van der Waals surface area contributed by atoms with E-state index in [2.05, 4.69) is 20.7 Å². The van der Waals surface area contributed by atoms with Crippen LogP contribution in [0.15, 0.2) is 16.8 Å². The van der Waals surface area contributed by atoms with E-state index in [1.165, 1.54) is 0 Å². The Labute approximate surface area is 105 Å². The SMILES string of the molecule is Cc1noc(C)c1CCC(=O)NCc1ccn[nH]1. The topological polar surface area (TPSA) is 83.8 Å². The molecule has 2 N–H and O–H groups in total. The maximum absolute atomic E-state index is 11.7. The summed E-state index contributed by atoms with van der Waals surface area (Å²) < 4.78 is 5.05. The number of nitrogens with zero attached hydrogens (tertiary/aromatic N) is 2. The van der Waals surface area contributed by atoms with E-state index in [0.717, 1.165) is 22.7 Å². The summed E-state index contributed by atoms with van der Waals surface area (Å²) >= 11 is 0. The van der Waals surface area contributed by atoms with Crippen molar-refractivity contribution in [3.8, 4) is 0 Å². The van der Waals surface area contributed by atoms with Crippen molar-refractivity contribution in [3.05, 3.63) is 35.0 Å². The number of aromatic nitrogens is 3. The monoisotopic (exact) mass is 248 g/mol. The first-order chi connectivity index (χ1) is 8.66. The van der Waals surface area contributed by atoms with E-state index >= 15 is 0 Å². The summed E-state index contributed by atoms with van der Waals surface area (Å²) in [5, 5.41) is 13.3. The lowest BCUT2D eigenvalue weighted by Gasteiger charge is -2.03. The highest BCUT2D eigenvalue weighted by molar-refractivity contribution is 5.76. The fraction of sp³-hybridized carbons (Fsp3) is 0.417. The molecule has 96 valence electrons. The van der Waals surface area contributed by atoms with Crippen molar-refractivity contribution in [2.75, 3.05) is 0 Å². The molecule has 0 aliphatic rings. The molecule has 2 aromatic rings. The number of carbonyl (C=O) groups excluding carboxylic acids is 1. The molecule has 0 saturated heterocycles. The fourth-order valence-electron chi connectivity index (χ4n) is 1.76. The molecular weight excluding hydrogens is 232 g/mol. The Morgan fingerprint density at radius 3 is 2.94 bits per heavy atom. The molecule has 0 aliphatic heterocycles. The first-order valence-electron chi connectivity index (χ1n) is 5.83. The van der Waals surface area contributed by atoms with Crippen molar-refractivity contribution >= 4 is 5.91 Å².